The van der Waals surface area contributed by atoms with Crippen molar-refractivity contribution in [3.63, 3.8) is 0 Å². The average Bonchev–Trinajstić information content (AvgIpc) is 2.78. The number of hydrogen-bond acceptors (Lipinski definition) is 6. The number of anilines is 2. The first-order valence-electron chi connectivity index (χ1n) is 12.6. The van der Waals surface area contributed by atoms with E-state index in [0.717, 1.165) is 44.6 Å². The van der Waals surface area contributed by atoms with Gasteiger partial charge in [-0.05, 0) is 75.6 Å². The number of likely N-dealkylation sites (tertiary alicyclic amines) is 1. The predicted octanol–water partition coefficient (Wildman–Crippen LogP) is 6.01. The third-order valence-corrected chi connectivity index (χ3v) is 9.11. The number of nitrogens with one attached hydrogen (secondary N) is 1. The standard InChI is InChI=1S/C26H32Cl3N5O2/c1-15(20-6-5-18(27)8-21(20)28)31-23-22(29)11-30-25(32-23)34-13-17(14-34)16-4-3-7-33(12-16)19-9-26(2,10-19)24(35)36/h5-6,8,11,15-17,19H,3-4,7,9-10,12-14H2,1-2H3,(H,35,36)(H,30,31,32)/t15-,16?,19?,26?/m1/s1. The fraction of sp³-hybridized carbons (Fsp3) is 0.577. The number of benzene rings is 1. The monoisotopic (exact) mass is 551 g/mol. The van der Waals surface area contributed by atoms with Crippen molar-refractivity contribution in [1.82, 2.24) is 14.9 Å². The highest BCUT2D eigenvalue weighted by atomic mass is 35.5. The van der Waals surface area contributed by atoms with Crippen LogP contribution in [-0.4, -0.2) is 58.2 Å². The normalized spacial score (nSPS) is 27.8. The smallest absolute Gasteiger partial charge is 0.309 e. The highest BCUT2D eigenvalue weighted by molar-refractivity contribution is 6.35. The van der Waals surface area contributed by atoms with Crippen LogP contribution >= 0.6 is 34.8 Å². The summed E-state index contributed by atoms with van der Waals surface area (Å²) >= 11 is 18.8. The van der Waals surface area contributed by atoms with Crippen molar-refractivity contribution in [2.24, 2.45) is 17.3 Å². The molecule has 1 saturated carbocycles. The molecule has 1 aromatic heterocycles. The minimum atomic E-state index is -0.663. The Labute approximate surface area is 227 Å². The summed E-state index contributed by atoms with van der Waals surface area (Å²) in [5.41, 5.74) is 0.372. The molecule has 3 heterocycles. The Hall–Kier alpha value is -1.80. The fourth-order valence-electron chi connectivity index (χ4n) is 5.89. The van der Waals surface area contributed by atoms with Gasteiger partial charge in [-0.15, -0.1) is 0 Å². The fourth-order valence-corrected chi connectivity index (χ4v) is 6.61. The number of halogens is 3. The van der Waals surface area contributed by atoms with Gasteiger partial charge < -0.3 is 20.2 Å². The molecule has 2 atom stereocenters. The summed E-state index contributed by atoms with van der Waals surface area (Å²) in [7, 11) is 0. The van der Waals surface area contributed by atoms with E-state index in [1.165, 1.54) is 12.8 Å². The second-order valence-corrected chi connectivity index (χ2v) is 12.1. The van der Waals surface area contributed by atoms with Gasteiger partial charge in [-0.2, -0.15) is 4.98 Å². The molecule has 7 nitrogen and oxygen atoms in total. The molecule has 5 rings (SSSR count). The Kier molecular flexibility index (Phi) is 7.29. The zero-order valence-corrected chi connectivity index (χ0v) is 22.8. The largest absolute Gasteiger partial charge is 0.481 e. The summed E-state index contributed by atoms with van der Waals surface area (Å²) < 4.78 is 0. The van der Waals surface area contributed by atoms with Gasteiger partial charge in [0.05, 0.1) is 17.7 Å². The summed E-state index contributed by atoms with van der Waals surface area (Å²) in [6, 6.07) is 5.75. The van der Waals surface area contributed by atoms with Crippen LogP contribution in [0.4, 0.5) is 11.8 Å². The molecule has 2 N–H and O–H groups in total. The molecule has 0 amide bonds. The number of rotatable bonds is 7. The lowest BCUT2D eigenvalue weighted by Crippen LogP contribution is -2.58. The molecule has 2 aliphatic heterocycles. The Morgan fingerprint density at radius 1 is 1.17 bits per heavy atom. The van der Waals surface area contributed by atoms with Crippen molar-refractivity contribution in [3.05, 3.63) is 45.0 Å². The molecule has 0 bridgehead atoms. The molecule has 1 aromatic carbocycles. The number of hydrogen-bond donors (Lipinski definition) is 2. The molecule has 3 fully saturated rings. The predicted molar refractivity (Wildman–Crippen MR) is 144 cm³/mol. The number of piperidine rings is 1. The second kappa shape index (κ2) is 10.2. The first-order valence-corrected chi connectivity index (χ1v) is 13.7. The van der Waals surface area contributed by atoms with Gasteiger partial charge >= 0.3 is 5.97 Å². The molecule has 3 aliphatic rings. The average molecular weight is 553 g/mol. The van der Waals surface area contributed by atoms with Crippen LogP contribution in [0.1, 0.15) is 51.1 Å². The number of aromatic nitrogens is 2. The van der Waals surface area contributed by atoms with E-state index >= 15 is 0 Å². The molecule has 2 aromatic rings. The van der Waals surface area contributed by atoms with Crippen molar-refractivity contribution in [1.29, 1.82) is 0 Å². The van der Waals surface area contributed by atoms with Crippen molar-refractivity contribution in [2.75, 3.05) is 36.4 Å². The summed E-state index contributed by atoms with van der Waals surface area (Å²) in [5.74, 6) is 1.82. The van der Waals surface area contributed by atoms with E-state index < -0.39 is 11.4 Å². The molecule has 0 spiro atoms. The molecule has 36 heavy (non-hydrogen) atoms. The Morgan fingerprint density at radius 2 is 1.92 bits per heavy atom. The van der Waals surface area contributed by atoms with Gasteiger partial charge in [-0.3, -0.25) is 4.79 Å². The molecule has 2 saturated heterocycles. The van der Waals surface area contributed by atoms with E-state index in [1.807, 2.05) is 26.0 Å². The van der Waals surface area contributed by atoms with Crippen molar-refractivity contribution >= 4 is 52.5 Å². The lowest BCUT2D eigenvalue weighted by atomic mass is 9.65. The van der Waals surface area contributed by atoms with Gasteiger partial charge in [-0.1, -0.05) is 40.9 Å². The first kappa shape index (κ1) is 25.8. The molecule has 1 unspecified atom stereocenters. The molecule has 0 radical (unpaired) electrons. The minimum Gasteiger partial charge on any atom is -0.481 e. The number of carboxylic acids is 1. The highest BCUT2D eigenvalue weighted by Gasteiger charge is 2.49. The van der Waals surface area contributed by atoms with Crippen LogP contribution in [0.15, 0.2) is 24.4 Å². The topological polar surface area (TPSA) is 81.6 Å². The third kappa shape index (κ3) is 5.13. The Bertz CT molecular complexity index is 1140. The van der Waals surface area contributed by atoms with Gasteiger partial charge in [0.25, 0.3) is 0 Å². The zero-order valence-electron chi connectivity index (χ0n) is 20.6. The van der Waals surface area contributed by atoms with Gasteiger partial charge in [0.15, 0.2) is 5.82 Å². The van der Waals surface area contributed by atoms with E-state index in [4.69, 9.17) is 39.8 Å². The number of nitrogens with zero attached hydrogens (tertiary/aromatic N) is 4. The van der Waals surface area contributed by atoms with Crippen molar-refractivity contribution in [3.8, 4) is 0 Å². The van der Waals surface area contributed by atoms with Crippen molar-refractivity contribution < 1.29 is 9.90 Å². The second-order valence-electron chi connectivity index (χ2n) is 10.9. The number of aliphatic carboxylic acids is 1. The molecular formula is C26H32Cl3N5O2. The van der Waals surface area contributed by atoms with Crippen LogP contribution in [-0.2, 0) is 4.79 Å². The van der Waals surface area contributed by atoms with Crippen LogP contribution in [0.2, 0.25) is 15.1 Å². The van der Waals surface area contributed by atoms with E-state index in [9.17, 15) is 9.90 Å². The van der Waals surface area contributed by atoms with E-state index in [0.29, 0.717) is 44.7 Å². The highest BCUT2D eigenvalue weighted by Crippen LogP contribution is 2.45. The van der Waals surface area contributed by atoms with Gasteiger partial charge in [0.1, 0.15) is 5.02 Å². The Balaban J connectivity index is 1.17. The van der Waals surface area contributed by atoms with Crippen molar-refractivity contribution in [2.45, 2.75) is 51.6 Å². The van der Waals surface area contributed by atoms with Gasteiger partial charge in [-0.25, -0.2) is 4.98 Å². The number of carbonyl (C=O) groups is 1. The maximum atomic E-state index is 11.5. The summed E-state index contributed by atoms with van der Waals surface area (Å²) in [5, 5.41) is 14.5. The summed E-state index contributed by atoms with van der Waals surface area (Å²) in [4.78, 5) is 25.4. The van der Waals surface area contributed by atoms with E-state index in [2.05, 4.69) is 20.1 Å². The molecular weight excluding hydrogens is 521 g/mol. The lowest BCUT2D eigenvalue weighted by molar-refractivity contribution is -0.158. The van der Waals surface area contributed by atoms with Crippen LogP contribution in [0.3, 0.4) is 0 Å². The lowest BCUT2D eigenvalue weighted by Gasteiger charge is -2.52. The Morgan fingerprint density at radius 3 is 2.61 bits per heavy atom. The maximum Gasteiger partial charge on any atom is 0.309 e. The molecule has 194 valence electrons. The quantitative estimate of drug-likeness (QED) is 0.435. The summed E-state index contributed by atoms with van der Waals surface area (Å²) in [6.45, 7) is 7.87. The maximum absolute atomic E-state index is 11.5. The molecule has 1 aliphatic carbocycles. The van der Waals surface area contributed by atoms with Crippen LogP contribution in [0.25, 0.3) is 0 Å². The third-order valence-electron chi connectivity index (χ3n) is 8.27. The first-order chi connectivity index (χ1) is 17.1. The van der Waals surface area contributed by atoms with Crippen LogP contribution in [0, 0.1) is 17.3 Å². The van der Waals surface area contributed by atoms with E-state index in [-0.39, 0.29) is 6.04 Å². The summed E-state index contributed by atoms with van der Waals surface area (Å²) in [6.07, 6.45) is 5.58. The number of carboxylic acid groups (broad SMARTS) is 1. The minimum absolute atomic E-state index is 0.109. The van der Waals surface area contributed by atoms with Gasteiger partial charge in [0, 0.05) is 35.7 Å². The molecule has 10 heteroatoms. The van der Waals surface area contributed by atoms with Crippen LogP contribution < -0.4 is 10.2 Å². The van der Waals surface area contributed by atoms with E-state index in [1.54, 1.807) is 12.3 Å². The SMILES string of the molecule is C[C@@H](Nc1nc(N2CC(C3CCCN(C4CC(C)(C(=O)O)C4)C3)C2)ncc1Cl)c1ccc(Cl)cc1Cl. The van der Waals surface area contributed by atoms with Crippen LogP contribution in [0.5, 0.6) is 0 Å². The zero-order chi connectivity index (χ0) is 25.6. The van der Waals surface area contributed by atoms with Gasteiger partial charge in [0.2, 0.25) is 5.95 Å².